The van der Waals surface area contributed by atoms with Crippen molar-refractivity contribution in [2.45, 2.75) is 25.8 Å². The Morgan fingerprint density at radius 3 is 2.43 bits per heavy atom. The van der Waals surface area contributed by atoms with Gasteiger partial charge in [0.05, 0.1) is 17.3 Å². The highest BCUT2D eigenvalue weighted by atomic mass is 16.5. The van der Waals surface area contributed by atoms with Gasteiger partial charge in [0.2, 0.25) is 0 Å². The molecule has 154 valence electrons. The van der Waals surface area contributed by atoms with E-state index in [9.17, 15) is 14.4 Å². The number of nitrogens with one attached hydrogen (secondary N) is 2. The van der Waals surface area contributed by atoms with Crippen molar-refractivity contribution in [3.8, 4) is 5.69 Å². The number of ether oxygens (including phenoxy) is 1. The minimum atomic E-state index is -0.586. The fraction of sp³-hybridized carbons (Fsp3) is 0.261. The zero-order chi connectivity index (χ0) is 21.1. The van der Waals surface area contributed by atoms with Gasteiger partial charge >= 0.3 is 11.7 Å². The number of carbonyl (C=O) groups excluding carboxylic acids is 2. The number of hydrogen-bond donors (Lipinski definition) is 2. The highest BCUT2D eigenvalue weighted by molar-refractivity contribution is 5.91. The van der Waals surface area contributed by atoms with Crippen LogP contribution in [0.15, 0.2) is 65.6 Å². The second-order valence-electron chi connectivity index (χ2n) is 7.49. The third-order valence-corrected chi connectivity index (χ3v) is 5.22. The van der Waals surface area contributed by atoms with Crippen LogP contribution >= 0.6 is 0 Å². The summed E-state index contributed by atoms with van der Waals surface area (Å²) in [5.41, 5.74) is 2.53. The fourth-order valence-corrected chi connectivity index (χ4v) is 3.52. The van der Waals surface area contributed by atoms with Crippen molar-refractivity contribution in [2.24, 2.45) is 5.92 Å². The maximum Gasteiger partial charge on any atom is 0.338 e. The highest BCUT2D eigenvalue weighted by Crippen LogP contribution is 2.40. The smallest absolute Gasteiger partial charge is 0.338 e. The Hall–Kier alpha value is -3.61. The Morgan fingerprint density at radius 2 is 1.83 bits per heavy atom. The van der Waals surface area contributed by atoms with Crippen molar-refractivity contribution in [3.05, 3.63) is 88.1 Å². The average Bonchev–Trinajstić information content (AvgIpc) is 3.55. The molecular weight excluding hydrogens is 382 g/mol. The van der Waals surface area contributed by atoms with Crippen LogP contribution in [0.2, 0.25) is 0 Å². The molecule has 7 heteroatoms. The summed E-state index contributed by atoms with van der Waals surface area (Å²) in [7, 11) is 0. The molecule has 1 aliphatic rings. The third kappa shape index (κ3) is 4.35. The van der Waals surface area contributed by atoms with E-state index < -0.39 is 5.97 Å². The summed E-state index contributed by atoms with van der Waals surface area (Å²) >= 11 is 0. The van der Waals surface area contributed by atoms with Gasteiger partial charge < -0.3 is 15.0 Å². The van der Waals surface area contributed by atoms with E-state index in [1.807, 2.05) is 37.3 Å². The van der Waals surface area contributed by atoms with Gasteiger partial charge in [-0.2, -0.15) is 0 Å². The molecule has 0 bridgehead atoms. The maximum absolute atomic E-state index is 12.3. The van der Waals surface area contributed by atoms with Crippen LogP contribution in [0.1, 0.15) is 40.5 Å². The molecule has 0 saturated heterocycles. The van der Waals surface area contributed by atoms with Crippen LogP contribution in [0.4, 0.5) is 0 Å². The molecule has 1 aromatic heterocycles. The summed E-state index contributed by atoms with van der Waals surface area (Å²) in [6, 6.07) is 16.2. The summed E-state index contributed by atoms with van der Waals surface area (Å²) in [6.45, 7) is 1.47. The van der Waals surface area contributed by atoms with Crippen molar-refractivity contribution < 1.29 is 14.3 Å². The van der Waals surface area contributed by atoms with Crippen molar-refractivity contribution >= 4 is 11.9 Å². The van der Waals surface area contributed by atoms with Gasteiger partial charge in [-0.15, -0.1) is 0 Å². The van der Waals surface area contributed by atoms with Crippen LogP contribution in [-0.2, 0) is 9.53 Å². The van der Waals surface area contributed by atoms with E-state index in [4.69, 9.17) is 4.74 Å². The normalized spacial score (nSPS) is 14.2. The Balaban J connectivity index is 1.35. The van der Waals surface area contributed by atoms with Crippen molar-refractivity contribution in [3.63, 3.8) is 0 Å². The molecule has 1 amide bonds. The first kappa shape index (κ1) is 19.7. The lowest BCUT2D eigenvalue weighted by Gasteiger charge is -2.18. The summed E-state index contributed by atoms with van der Waals surface area (Å²) < 4.78 is 6.68. The molecule has 30 heavy (non-hydrogen) atoms. The lowest BCUT2D eigenvalue weighted by Crippen LogP contribution is -2.33. The van der Waals surface area contributed by atoms with Gasteiger partial charge in [-0.05, 0) is 55.5 Å². The van der Waals surface area contributed by atoms with E-state index in [0.29, 0.717) is 17.2 Å². The second-order valence-corrected chi connectivity index (χ2v) is 7.49. The number of nitrogens with zero attached hydrogens (tertiary/aromatic N) is 1. The van der Waals surface area contributed by atoms with Crippen LogP contribution in [-0.4, -0.2) is 28.0 Å². The fourth-order valence-electron chi connectivity index (χ4n) is 3.52. The molecule has 1 saturated carbocycles. The van der Waals surface area contributed by atoms with Crippen LogP contribution < -0.4 is 11.0 Å². The minimum absolute atomic E-state index is 0.0559. The molecule has 4 rings (SSSR count). The zero-order valence-electron chi connectivity index (χ0n) is 16.6. The van der Waals surface area contributed by atoms with Crippen molar-refractivity contribution in [1.82, 2.24) is 14.9 Å². The van der Waals surface area contributed by atoms with E-state index in [1.165, 1.54) is 4.57 Å². The van der Waals surface area contributed by atoms with Crippen LogP contribution in [0.5, 0.6) is 0 Å². The van der Waals surface area contributed by atoms with E-state index in [-0.39, 0.29) is 24.2 Å². The number of hydrogen-bond acceptors (Lipinski definition) is 4. The van der Waals surface area contributed by atoms with Gasteiger partial charge in [-0.3, -0.25) is 9.36 Å². The Morgan fingerprint density at radius 1 is 1.13 bits per heavy atom. The summed E-state index contributed by atoms with van der Waals surface area (Å²) in [5.74, 6) is -0.479. The van der Waals surface area contributed by atoms with Crippen LogP contribution in [0.25, 0.3) is 5.69 Å². The first-order valence-electron chi connectivity index (χ1n) is 9.92. The summed E-state index contributed by atoms with van der Waals surface area (Å²) in [4.78, 5) is 39.1. The first-order valence-corrected chi connectivity index (χ1v) is 9.92. The largest absolute Gasteiger partial charge is 0.452 e. The molecule has 1 atom stereocenters. The molecule has 1 aliphatic carbocycles. The topological polar surface area (TPSA) is 93.2 Å². The average molecular weight is 405 g/mol. The first-order chi connectivity index (χ1) is 14.5. The molecular formula is C23H23N3O4. The number of aromatic nitrogens is 2. The standard InChI is InChI=1S/C23H23N3O4/c1-15-13-24-23(29)26(15)19-11-9-18(10-12-19)22(28)30-14-20(27)25-21(17-7-8-17)16-5-3-2-4-6-16/h2-6,9-13,17,21H,7-8,14H2,1H3,(H,24,29)(H,25,27). The molecule has 3 aromatic rings. The summed E-state index contributed by atoms with van der Waals surface area (Å²) in [6.07, 6.45) is 3.78. The molecule has 2 aromatic carbocycles. The molecule has 7 nitrogen and oxygen atoms in total. The van der Waals surface area contributed by atoms with Gasteiger partial charge in [0.1, 0.15) is 0 Å². The number of carbonyl (C=O) groups is 2. The highest BCUT2D eigenvalue weighted by Gasteiger charge is 2.33. The quantitative estimate of drug-likeness (QED) is 0.591. The van der Waals surface area contributed by atoms with E-state index >= 15 is 0 Å². The minimum Gasteiger partial charge on any atom is -0.452 e. The van der Waals surface area contributed by atoms with Gasteiger partial charge in [0.15, 0.2) is 6.61 Å². The third-order valence-electron chi connectivity index (χ3n) is 5.22. The molecule has 0 spiro atoms. The van der Waals surface area contributed by atoms with Crippen molar-refractivity contribution in [2.75, 3.05) is 6.61 Å². The van der Waals surface area contributed by atoms with E-state index in [1.54, 1.807) is 30.5 Å². The number of aromatic amines is 1. The number of benzene rings is 2. The SMILES string of the molecule is Cc1c[nH]c(=O)n1-c1ccc(C(=O)OCC(=O)NC(c2ccccc2)C2CC2)cc1. The lowest BCUT2D eigenvalue weighted by atomic mass is 10.0. The van der Waals surface area contributed by atoms with Gasteiger partial charge in [-0.25, -0.2) is 9.59 Å². The molecule has 1 heterocycles. The number of esters is 1. The number of imidazole rings is 1. The van der Waals surface area contributed by atoms with E-state index in [2.05, 4.69) is 10.3 Å². The Kier molecular flexibility index (Phi) is 5.52. The van der Waals surface area contributed by atoms with E-state index in [0.717, 1.165) is 24.1 Å². The van der Waals surface area contributed by atoms with Gasteiger partial charge in [-0.1, -0.05) is 30.3 Å². The maximum atomic E-state index is 12.3. The second kappa shape index (κ2) is 8.41. The molecule has 1 fully saturated rings. The predicted octanol–water partition coefficient (Wildman–Crippen LogP) is 2.90. The van der Waals surface area contributed by atoms with Crippen LogP contribution in [0.3, 0.4) is 0 Å². The predicted molar refractivity (Wildman–Crippen MR) is 111 cm³/mol. The lowest BCUT2D eigenvalue weighted by molar-refractivity contribution is -0.125. The van der Waals surface area contributed by atoms with Gasteiger partial charge in [0, 0.05) is 11.9 Å². The number of rotatable bonds is 7. The zero-order valence-corrected chi connectivity index (χ0v) is 16.6. The molecule has 1 unspecified atom stereocenters. The molecule has 0 aliphatic heterocycles. The Bertz CT molecular complexity index is 1100. The number of H-pyrrole nitrogens is 1. The Labute approximate surface area is 173 Å². The van der Waals surface area contributed by atoms with Gasteiger partial charge in [0.25, 0.3) is 5.91 Å². The number of amides is 1. The molecule has 2 N–H and O–H groups in total. The number of aryl methyl sites for hydroxylation is 1. The monoisotopic (exact) mass is 405 g/mol. The summed E-state index contributed by atoms with van der Waals surface area (Å²) in [5, 5.41) is 2.98. The van der Waals surface area contributed by atoms with Crippen LogP contribution in [0, 0.1) is 12.8 Å². The van der Waals surface area contributed by atoms with Crippen molar-refractivity contribution in [1.29, 1.82) is 0 Å². The molecule has 0 radical (unpaired) electrons.